The summed E-state index contributed by atoms with van der Waals surface area (Å²) in [4.78, 5) is 12.8. The monoisotopic (exact) mass is 281 g/mol. The molecule has 20 heavy (non-hydrogen) atoms. The fraction of sp³-hybridized carbons (Fsp3) is 0.714. The van der Waals surface area contributed by atoms with E-state index in [1.807, 2.05) is 6.92 Å². The Hall–Kier alpha value is -1.40. The third kappa shape index (κ3) is 2.86. The van der Waals surface area contributed by atoms with Crippen LogP contribution in [0.15, 0.2) is 6.20 Å². The van der Waals surface area contributed by atoms with Gasteiger partial charge in [0, 0.05) is 12.6 Å². The van der Waals surface area contributed by atoms with E-state index in [-0.39, 0.29) is 17.7 Å². The van der Waals surface area contributed by atoms with Crippen molar-refractivity contribution in [2.24, 2.45) is 5.92 Å². The number of Topliss-reactive ketones (excluding diaryl/α,β-unsaturated/α-hetero) is 1. The van der Waals surface area contributed by atoms with E-state index in [1.54, 1.807) is 18.0 Å². The zero-order chi connectivity index (χ0) is 14.5. The summed E-state index contributed by atoms with van der Waals surface area (Å²) in [5.41, 5.74) is 0.550. The summed E-state index contributed by atoms with van der Waals surface area (Å²) in [5.74, 6) is 0.419. The van der Waals surface area contributed by atoms with Gasteiger partial charge in [0.05, 0.1) is 32.4 Å². The van der Waals surface area contributed by atoms with Crippen molar-refractivity contribution in [3.05, 3.63) is 11.9 Å². The zero-order valence-electron chi connectivity index (χ0n) is 12.4. The van der Waals surface area contributed by atoms with Crippen molar-refractivity contribution >= 4 is 5.78 Å². The number of aromatic nitrogens is 2. The quantitative estimate of drug-likeness (QED) is 0.758. The second-order valence-corrected chi connectivity index (χ2v) is 4.95. The molecule has 1 N–H and O–H groups in total. The molecule has 0 amide bonds. The van der Waals surface area contributed by atoms with Crippen LogP contribution in [0.1, 0.15) is 30.8 Å². The summed E-state index contributed by atoms with van der Waals surface area (Å²) in [7, 11) is 1.56. The van der Waals surface area contributed by atoms with E-state index in [9.17, 15) is 4.79 Å². The van der Waals surface area contributed by atoms with Gasteiger partial charge in [-0.15, -0.1) is 0 Å². The Morgan fingerprint density at radius 1 is 1.55 bits per heavy atom. The number of carbonyl (C=O) groups excluding carboxylic acids is 1. The van der Waals surface area contributed by atoms with Gasteiger partial charge in [-0.25, -0.2) is 0 Å². The highest BCUT2D eigenvalue weighted by Gasteiger charge is 2.37. The van der Waals surface area contributed by atoms with Crippen LogP contribution in [0.4, 0.5) is 0 Å². The standard InChI is InChI=1S/C14H23N3O3/c1-4-6-15-11-9-20-8-10(11)14(18)13-12(19-3)7-16-17(13)5-2/h7,10-11,15H,4-6,8-9H2,1-3H3. The lowest BCUT2D eigenvalue weighted by Gasteiger charge is -2.18. The Bertz CT molecular complexity index is 437. The molecule has 0 spiro atoms. The summed E-state index contributed by atoms with van der Waals surface area (Å²) in [5, 5.41) is 7.58. The highest BCUT2D eigenvalue weighted by molar-refractivity contribution is 5.99. The third-order valence-electron chi connectivity index (χ3n) is 3.63. The summed E-state index contributed by atoms with van der Waals surface area (Å²) >= 11 is 0. The summed E-state index contributed by atoms with van der Waals surface area (Å²) in [6.45, 7) is 6.64. The fourth-order valence-corrected chi connectivity index (χ4v) is 2.53. The molecule has 2 heterocycles. The molecule has 2 unspecified atom stereocenters. The molecule has 1 fully saturated rings. The van der Waals surface area contributed by atoms with E-state index in [2.05, 4.69) is 17.3 Å². The number of hydrogen-bond donors (Lipinski definition) is 1. The van der Waals surface area contributed by atoms with Crippen molar-refractivity contribution in [1.29, 1.82) is 0 Å². The first-order valence-corrected chi connectivity index (χ1v) is 7.18. The summed E-state index contributed by atoms with van der Waals surface area (Å²) in [6, 6.07) is 0.0763. The molecule has 1 aromatic heterocycles. The Kier molecular flexibility index (Phi) is 5.14. The molecule has 1 saturated heterocycles. The molecule has 1 aliphatic rings. The number of aryl methyl sites for hydroxylation is 1. The van der Waals surface area contributed by atoms with Gasteiger partial charge in [0.1, 0.15) is 5.69 Å². The van der Waals surface area contributed by atoms with Crippen molar-refractivity contribution in [1.82, 2.24) is 15.1 Å². The Labute approximate surface area is 119 Å². The van der Waals surface area contributed by atoms with Crippen LogP contribution in [0, 0.1) is 5.92 Å². The van der Waals surface area contributed by atoms with Crippen LogP contribution in [-0.4, -0.2) is 48.5 Å². The molecule has 1 aliphatic heterocycles. The molecule has 0 saturated carbocycles. The van der Waals surface area contributed by atoms with Crippen LogP contribution in [0.5, 0.6) is 5.75 Å². The van der Waals surface area contributed by atoms with E-state index in [1.165, 1.54) is 0 Å². The van der Waals surface area contributed by atoms with E-state index >= 15 is 0 Å². The van der Waals surface area contributed by atoms with Crippen molar-refractivity contribution < 1.29 is 14.3 Å². The van der Waals surface area contributed by atoms with Crippen molar-refractivity contribution in [3.8, 4) is 5.75 Å². The highest BCUT2D eigenvalue weighted by atomic mass is 16.5. The molecule has 0 radical (unpaired) electrons. The molecule has 6 heteroatoms. The van der Waals surface area contributed by atoms with Gasteiger partial charge in [-0.1, -0.05) is 6.92 Å². The number of ether oxygens (including phenoxy) is 2. The van der Waals surface area contributed by atoms with Crippen LogP contribution < -0.4 is 10.1 Å². The van der Waals surface area contributed by atoms with Gasteiger partial charge in [-0.2, -0.15) is 5.10 Å². The van der Waals surface area contributed by atoms with Gasteiger partial charge in [0.25, 0.3) is 0 Å². The maximum atomic E-state index is 12.8. The molecule has 1 aromatic rings. The second-order valence-electron chi connectivity index (χ2n) is 4.95. The minimum Gasteiger partial charge on any atom is -0.493 e. The SMILES string of the molecule is CCCNC1COCC1C(=O)c1c(OC)cnn1CC. The molecule has 0 aliphatic carbocycles. The molecule has 2 atom stereocenters. The van der Waals surface area contributed by atoms with Gasteiger partial charge in [-0.05, 0) is 19.9 Å². The maximum absolute atomic E-state index is 12.8. The maximum Gasteiger partial charge on any atom is 0.191 e. The van der Waals surface area contributed by atoms with Gasteiger partial charge in [0.2, 0.25) is 0 Å². The normalized spacial score (nSPS) is 22.1. The second kappa shape index (κ2) is 6.85. The largest absolute Gasteiger partial charge is 0.493 e. The van der Waals surface area contributed by atoms with Crippen LogP contribution >= 0.6 is 0 Å². The molecule has 0 aromatic carbocycles. The van der Waals surface area contributed by atoms with E-state index in [0.717, 1.165) is 13.0 Å². The molecular weight excluding hydrogens is 258 g/mol. The number of ketones is 1. The molecule has 0 bridgehead atoms. The number of nitrogens with one attached hydrogen (secondary N) is 1. The Morgan fingerprint density at radius 2 is 2.35 bits per heavy atom. The summed E-state index contributed by atoms with van der Waals surface area (Å²) in [6.07, 6.45) is 2.63. The Morgan fingerprint density at radius 3 is 3.00 bits per heavy atom. The van der Waals surface area contributed by atoms with Gasteiger partial charge >= 0.3 is 0 Å². The van der Waals surface area contributed by atoms with Crippen LogP contribution in [-0.2, 0) is 11.3 Å². The lowest BCUT2D eigenvalue weighted by molar-refractivity contribution is 0.0877. The number of rotatable bonds is 7. The van der Waals surface area contributed by atoms with Gasteiger partial charge in [0.15, 0.2) is 11.5 Å². The first-order chi connectivity index (χ1) is 9.72. The average Bonchev–Trinajstić information content (AvgIpc) is 3.10. The lowest BCUT2D eigenvalue weighted by Crippen LogP contribution is -2.40. The van der Waals surface area contributed by atoms with Crippen molar-refractivity contribution in [3.63, 3.8) is 0 Å². The predicted octanol–water partition coefficient (Wildman–Crippen LogP) is 1.11. The predicted molar refractivity (Wildman–Crippen MR) is 75.2 cm³/mol. The highest BCUT2D eigenvalue weighted by Crippen LogP contribution is 2.25. The summed E-state index contributed by atoms with van der Waals surface area (Å²) < 4.78 is 12.4. The van der Waals surface area contributed by atoms with E-state index in [0.29, 0.717) is 31.2 Å². The van der Waals surface area contributed by atoms with Gasteiger partial charge < -0.3 is 14.8 Å². The van der Waals surface area contributed by atoms with E-state index in [4.69, 9.17) is 9.47 Å². The third-order valence-corrected chi connectivity index (χ3v) is 3.63. The number of nitrogens with zero attached hydrogens (tertiary/aromatic N) is 2. The lowest BCUT2D eigenvalue weighted by atomic mass is 9.95. The first-order valence-electron chi connectivity index (χ1n) is 7.18. The molecule has 6 nitrogen and oxygen atoms in total. The van der Waals surface area contributed by atoms with Gasteiger partial charge in [-0.3, -0.25) is 9.48 Å². The van der Waals surface area contributed by atoms with Crippen LogP contribution in [0.2, 0.25) is 0 Å². The molecular formula is C14H23N3O3. The van der Waals surface area contributed by atoms with Crippen LogP contribution in [0.3, 0.4) is 0 Å². The van der Waals surface area contributed by atoms with Crippen LogP contribution in [0.25, 0.3) is 0 Å². The minimum absolute atomic E-state index is 0.0484. The zero-order valence-corrected chi connectivity index (χ0v) is 12.4. The fourth-order valence-electron chi connectivity index (χ4n) is 2.53. The molecule has 112 valence electrons. The average molecular weight is 281 g/mol. The number of carbonyl (C=O) groups is 1. The van der Waals surface area contributed by atoms with Crippen molar-refractivity contribution in [2.75, 3.05) is 26.9 Å². The molecule has 2 rings (SSSR count). The smallest absolute Gasteiger partial charge is 0.191 e. The Balaban J connectivity index is 2.19. The topological polar surface area (TPSA) is 65.4 Å². The first kappa shape index (κ1) is 15.0. The number of hydrogen-bond acceptors (Lipinski definition) is 5. The minimum atomic E-state index is -0.169. The number of methoxy groups -OCH3 is 1. The van der Waals surface area contributed by atoms with E-state index < -0.39 is 0 Å². The van der Waals surface area contributed by atoms with Crippen molar-refractivity contribution in [2.45, 2.75) is 32.9 Å².